The van der Waals surface area contributed by atoms with Crippen LogP contribution in [0.1, 0.15) is 40.5 Å². The van der Waals surface area contributed by atoms with Crippen LogP contribution in [0.3, 0.4) is 0 Å². The Morgan fingerprint density at radius 2 is 1.74 bits per heavy atom. The lowest BCUT2D eigenvalue weighted by atomic mass is 9.78. The van der Waals surface area contributed by atoms with Crippen molar-refractivity contribution in [2.75, 3.05) is 0 Å². The summed E-state index contributed by atoms with van der Waals surface area (Å²) in [6, 6.07) is 4.56. The molecule has 2 aliphatic rings. The zero-order valence-corrected chi connectivity index (χ0v) is 14.6. The molecule has 6 nitrogen and oxygen atoms in total. The molecule has 0 spiro atoms. The molecule has 0 aromatic heterocycles. The maximum absolute atomic E-state index is 11.6. The standard InChI is InChI=1S/C15H22BNO5S/c1-14(2)15(3,4)22-16(21-14)12-8-7-11(23(17,18)19)9-13(12)20-10-5-6-10/h7-10H,5-6H2,1-4H3,(H2,17,18,19). The molecule has 1 aromatic rings. The summed E-state index contributed by atoms with van der Waals surface area (Å²) in [5, 5.41) is 5.22. The molecule has 23 heavy (non-hydrogen) atoms. The molecule has 1 aromatic carbocycles. The summed E-state index contributed by atoms with van der Waals surface area (Å²) < 4.78 is 41.1. The van der Waals surface area contributed by atoms with Crippen molar-refractivity contribution in [3.05, 3.63) is 18.2 Å². The summed E-state index contributed by atoms with van der Waals surface area (Å²) in [5.41, 5.74) is -0.275. The Labute approximate surface area is 137 Å². The fraction of sp³-hybridized carbons (Fsp3) is 0.600. The molecule has 3 rings (SSSR count). The van der Waals surface area contributed by atoms with E-state index >= 15 is 0 Å². The predicted molar refractivity (Wildman–Crippen MR) is 87.2 cm³/mol. The Bertz CT molecular complexity index is 711. The molecule has 1 saturated carbocycles. The van der Waals surface area contributed by atoms with Crippen LogP contribution < -0.4 is 15.3 Å². The van der Waals surface area contributed by atoms with Crippen LogP contribution >= 0.6 is 0 Å². The van der Waals surface area contributed by atoms with Gasteiger partial charge in [0.05, 0.1) is 22.2 Å². The van der Waals surface area contributed by atoms with Crippen LogP contribution in [0.15, 0.2) is 23.1 Å². The SMILES string of the molecule is CC1(C)OB(c2ccc(S(N)(=O)=O)cc2OC2CC2)OC1(C)C. The van der Waals surface area contributed by atoms with Crippen molar-refractivity contribution in [1.82, 2.24) is 0 Å². The molecule has 1 heterocycles. The fourth-order valence-corrected chi connectivity index (χ4v) is 2.85. The first-order valence-corrected chi connectivity index (χ1v) is 9.23. The average Bonchev–Trinajstić information content (AvgIpc) is 3.16. The first kappa shape index (κ1) is 16.8. The molecule has 2 N–H and O–H groups in total. The highest BCUT2D eigenvalue weighted by atomic mass is 32.2. The molecule has 0 atom stereocenters. The molecule has 2 fully saturated rings. The Kier molecular flexibility index (Phi) is 3.79. The summed E-state index contributed by atoms with van der Waals surface area (Å²) in [5.74, 6) is 0.456. The van der Waals surface area contributed by atoms with Crippen molar-refractivity contribution in [3.63, 3.8) is 0 Å². The molecule has 0 bridgehead atoms. The Morgan fingerprint density at radius 1 is 1.17 bits per heavy atom. The van der Waals surface area contributed by atoms with Crippen molar-refractivity contribution in [2.24, 2.45) is 5.14 Å². The van der Waals surface area contributed by atoms with Crippen LogP contribution in [-0.4, -0.2) is 32.8 Å². The van der Waals surface area contributed by atoms with E-state index in [9.17, 15) is 8.42 Å². The number of hydrogen-bond donors (Lipinski definition) is 1. The van der Waals surface area contributed by atoms with Gasteiger partial charge in [0.1, 0.15) is 5.75 Å². The van der Waals surface area contributed by atoms with Crippen molar-refractivity contribution in [3.8, 4) is 5.75 Å². The molecule has 126 valence electrons. The number of benzene rings is 1. The van der Waals surface area contributed by atoms with Crippen LogP contribution in [0.5, 0.6) is 5.75 Å². The van der Waals surface area contributed by atoms with Crippen LogP contribution in [0.4, 0.5) is 0 Å². The Morgan fingerprint density at radius 3 is 2.22 bits per heavy atom. The third-order valence-electron chi connectivity index (χ3n) is 4.64. The van der Waals surface area contributed by atoms with Gasteiger partial charge in [0.25, 0.3) is 0 Å². The van der Waals surface area contributed by atoms with E-state index in [1.807, 2.05) is 27.7 Å². The van der Waals surface area contributed by atoms with Crippen LogP contribution in [0.2, 0.25) is 0 Å². The fourth-order valence-electron chi connectivity index (χ4n) is 2.32. The summed E-state index contributed by atoms with van der Waals surface area (Å²) >= 11 is 0. The zero-order chi connectivity index (χ0) is 17.0. The topological polar surface area (TPSA) is 87.9 Å². The number of hydrogen-bond acceptors (Lipinski definition) is 5. The van der Waals surface area contributed by atoms with E-state index in [1.54, 1.807) is 6.07 Å². The number of sulfonamides is 1. The van der Waals surface area contributed by atoms with Crippen LogP contribution in [0, 0.1) is 0 Å². The highest BCUT2D eigenvalue weighted by Gasteiger charge is 2.52. The molecule has 0 unspecified atom stereocenters. The van der Waals surface area contributed by atoms with E-state index in [1.165, 1.54) is 12.1 Å². The quantitative estimate of drug-likeness (QED) is 0.832. The highest BCUT2D eigenvalue weighted by molar-refractivity contribution is 7.89. The van der Waals surface area contributed by atoms with E-state index in [0.29, 0.717) is 11.2 Å². The van der Waals surface area contributed by atoms with Crippen LogP contribution in [-0.2, 0) is 19.3 Å². The molecule has 1 aliphatic heterocycles. The van der Waals surface area contributed by atoms with Gasteiger partial charge in [-0.05, 0) is 52.7 Å². The second-order valence-corrected chi connectivity index (χ2v) is 8.71. The minimum Gasteiger partial charge on any atom is -0.491 e. The molecular weight excluding hydrogens is 317 g/mol. The zero-order valence-electron chi connectivity index (χ0n) is 13.8. The first-order chi connectivity index (χ1) is 10.5. The van der Waals surface area contributed by atoms with Gasteiger partial charge in [0.15, 0.2) is 0 Å². The minimum absolute atomic E-state index is 0.0217. The summed E-state index contributed by atoms with van der Waals surface area (Å²) in [6.07, 6.45) is 2.04. The van der Waals surface area contributed by atoms with Gasteiger partial charge in [0.2, 0.25) is 10.0 Å². The summed E-state index contributed by atoms with van der Waals surface area (Å²) in [4.78, 5) is 0.0217. The molecule has 8 heteroatoms. The monoisotopic (exact) mass is 339 g/mol. The van der Waals surface area contributed by atoms with Gasteiger partial charge < -0.3 is 14.0 Å². The lowest BCUT2D eigenvalue weighted by molar-refractivity contribution is 0.00578. The normalized spacial score (nSPS) is 23.1. The van der Waals surface area contributed by atoms with Gasteiger partial charge in [-0.2, -0.15) is 0 Å². The maximum atomic E-state index is 11.6. The maximum Gasteiger partial charge on any atom is 0.498 e. The lowest BCUT2D eigenvalue weighted by Crippen LogP contribution is -2.41. The molecule has 0 radical (unpaired) electrons. The average molecular weight is 339 g/mol. The Hall–Kier alpha value is -1.09. The van der Waals surface area contributed by atoms with E-state index in [0.717, 1.165) is 12.8 Å². The van der Waals surface area contributed by atoms with Gasteiger partial charge in [-0.25, -0.2) is 13.6 Å². The van der Waals surface area contributed by atoms with Gasteiger partial charge in [-0.15, -0.1) is 0 Å². The molecule has 1 saturated heterocycles. The van der Waals surface area contributed by atoms with Crippen LogP contribution in [0.25, 0.3) is 0 Å². The van der Waals surface area contributed by atoms with E-state index in [-0.39, 0.29) is 11.0 Å². The van der Waals surface area contributed by atoms with Crippen molar-refractivity contribution >= 4 is 22.6 Å². The minimum atomic E-state index is -3.79. The predicted octanol–water partition coefficient (Wildman–Crippen LogP) is 1.17. The third-order valence-corrected chi connectivity index (χ3v) is 5.55. The number of primary sulfonamides is 1. The van der Waals surface area contributed by atoms with E-state index in [2.05, 4.69) is 0 Å². The molecule has 0 amide bonds. The van der Waals surface area contributed by atoms with Crippen molar-refractivity contribution < 1.29 is 22.5 Å². The first-order valence-electron chi connectivity index (χ1n) is 7.69. The third kappa shape index (κ3) is 3.26. The lowest BCUT2D eigenvalue weighted by Gasteiger charge is -2.32. The second kappa shape index (κ2) is 5.21. The Balaban J connectivity index is 1.98. The van der Waals surface area contributed by atoms with Crippen molar-refractivity contribution in [2.45, 2.75) is 62.7 Å². The van der Waals surface area contributed by atoms with Gasteiger partial charge in [-0.1, -0.05) is 6.07 Å². The van der Waals surface area contributed by atoms with Gasteiger partial charge in [0, 0.05) is 5.46 Å². The summed E-state index contributed by atoms with van der Waals surface area (Å²) in [7, 11) is -4.40. The summed E-state index contributed by atoms with van der Waals surface area (Å²) in [6.45, 7) is 7.86. The van der Waals surface area contributed by atoms with E-state index < -0.39 is 28.3 Å². The van der Waals surface area contributed by atoms with Gasteiger partial charge >= 0.3 is 7.12 Å². The largest absolute Gasteiger partial charge is 0.498 e. The van der Waals surface area contributed by atoms with Crippen molar-refractivity contribution in [1.29, 1.82) is 0 Å². The molecule has 1 aliphatic carbocycles. The number of rotatable bonds is 4. The molecular formula is C15H22BNO5S. The van der Waals surface area contributed by atoms with E-state index in [4.69, 9.17) is 19.2 Å². The van der Waals surface area contributed by atoms with Gasteiger partial charge in [-0.3, -0.25) is 0 Å². The highest BCUT2D eigenvalue weighted by Crippen LogP contribution is 2.38. The second-order valence-electron chi connectivity index (χ2n) is 7.15. The number of nitrogens with two attached hydrogens (primary N) is 1. The number of ether oxygens (including phenoxy) is 1. The smallest absolute Gasteiger partial charge is 0.491 e.